The number of nitrogens with one attached hydrogen (secondary N) is 1. The summed E-state index contributed by atoms with van der Waals surface area (Å²) in [4.78, 5) is 0. The van der Waals surface area contributed by atoms with Gasteiger partial charge in [0.05, 0.1) is 0 Å². The number of hydrogen-bond donors (Lipinski definition) is 1. The van der Waals surface area contributed by atoms with Gasteiger partial charge in [-0.15, -0.1) is 0 Å². The zero-order valence-corrected chi connectivity index (χ0v) is 12.0. The lowest BCUT2D eigenvalue weighted by molar-refractivity contribution is -0.153. The minimum absolute atomic E-state index is 0.0630. The van der Waals surface area contributed by atoms with Gasteiger partial charge in [0.25, 0.3) is 0 Å². The van der Waals surface area contributed by atoms with E-state index in [2.05, 4.69) is 25.4 Å². The van der Waals surface area contributed by atoms with Crippen LogP contribution in [-0.4, -0.2) is 25.9 Å². The molecule has 0 saturated carbocycles. The lowest BCUT2D eigenvalue weighted by Gasteiger charge is -2.09. The minimum Gasteiger partial charge on any atom is -0.484 e. The fourth-order valence-electron chi connectivity index (χ4n) is 1.10. The molecular weight excluding hydrogens is 351 g/mol. The number of halogens is 4. The van der Waals surface area contributed by atoms with E-state index >= 15 is 0 Å². The molecule has 0 aliphatic carbocycles. The first kappa shape index (κ1) is 16.3. The van der Waals surface area contributed by atoms with E-state index in [-0.39, 0.29) is 17.0 Å². The van der Waals surface area contributed by atoms with E-state index in [1.807, 2.05) is 0 Å². The number of alkyl halides is 4. The second-order valence-corrected chi connectivity index (χ2v) is 6.70. The Kier molecular flexibility index (Phi) is 5.63. The standard InChI is InChI=1S/C10H11BrF3NO3S/c11-7-19(16,17)15-5-8-1-3-9(4-2-8)18-6-10(12,13)14/h1-4,15H,5-7H2. The second-order valence-electron chi connectivity index (χ2n) is 3.59. The third-order valence-corrected chi connectivity index (χ3v) is 4.65. The summed E-state index contributed by atoms with van der Waals surface area (Å²) in [6, 6.07) is 5.68. The van der Waals surface area contributed by atoms with E-state index in [0.29, 0.717) is 5.56 Å². The highest BCUT2D eigenvalue weighted by Gasteiger charge is 2.28. The predicted octanol–water partition coefficient (Wildman–Crippen LogP) is 2.40. The molecular formula is C10H11BrF3NO3S. The first-order chi connectivity index (χ1) is 8.72. The van der Waals surface area contributed by atoms with Crippen LogP contribution in [0.1, 0.15) is 5.56 Å². The molecule has 1 N–H and O–H groups in total. The number of ether oxygens (including phenoxy) is 1. The average molecular weight is 362 g/mol. The Labute approximate surface area is 117 Å². The molecule has 9 heteroatoms. The van der Waals surface area contributed by atoms with Crippen molar-refractivity contribution in [1.29, 1.82) is 0 Å². The third-order valence-electron chi connectivity index (χ3n) is 1.97. The van der Waals surface area contributed by atoms with Crippen molar-refractivity contribution in [3.05, 3.63) is 29.8 Å². The zero-order chi connectivity index (χ0) is 14.5. The van der Waals surface area contributed by atoms with Gasteiger partial charge < -0.3 is 4.74 Å². The molecule has 19 heavy (non-hydrogen) atoms. The van der Waals surface area contributed by atoms with Crippen LogP contribution in [0.4, 0.5) is 13.2 Å². The summed E-state index contributed by atoms with van der Waals surface area (Å²) in [6.45, 7) is -1.30. The maximum absolute atomic E-state index is 11.9. The molecule has 108 valence electrons. The van der Waals surface area contributed by atoms with Crippen molar-refractivity contribution in [1.82, 2.24) is 4.72 Å². The van der Waals surface area contributed by atoms with Gasteiger partial charge in [-0.1, -0.05) is 28.1 Å². The molecule has 0 aliphatic rings. The molecule has 0 heterocycles. The van der Waals surface area contributed by atoms with Crippen LogP contribution in [0.25, 0.3) is 0 Å². The van der Waals surface area contributed by atoms with Crippen LogP contribution in [0, 0.1) is 0 Å². The predicted molar refractivity (Wildman–Crippen MR) is 67.5 cm³/mol. The first-order valence-electron chi connectivity index (χ1n) is 5.04. The molecule has 0 spiro atoms. The number of sulfonamides is 1. The highest BCUT2D eigenvalue weighted by molar-refractivity contribution is 9.10. The molecule has 0 bridgehead atoms. The van der Waals surface area contributed by atoms with Crippen molar-refractivity contribution in [2.24, 2.45) is 0 Å². The lowest BCUT2D eigenvalue weighted by Crippen LogP contribution is -2.23. The Bertz CT molecular complexity index is 502. The van der Waals surface area contributed by atoms with Crippen LogP contribution in [0.3, 0.4) is 0 Å². The molecule has 1 aromatic rings. The minimum atomic E-state index is -4.38. The summed E-state index contributed by atoms with van der Waals surface area (Å²) in [6.07, 6.45) is -4.38. The van der Waals surface area contributed by atoms with Crippen molar-refractivity contribution < 1.29 is 26.3 Å². The van der Waals surface area contributed by atoms with Gasteiger partial charge in [-0.05, 0) is 17.7 Å². The molecule has 0 aliphatic heterocycles. The zero-order valence-electron chi connectivity index (χ0n) is 9.58. The van der Waals surface area contributed by atoms with Crippen LogP contribution in [0.15, 0.2) is 24.3 Å². The molecule has 0 aromatic heterocycles. The van der Waals surface area contributed by atoms with E-state index in [1.54, 1.807) is 0 Å². The summed E-state index contributed by atoms with van der Waals surface area (Å²) >= 11 is 2.82. The van der Waals surface area contributed by atoms with Crippen molar-refractivity contribution in [2.75, 3.05) is 11.3 Å². The van der Waals surface area contributed by atoms with E-state index in [0.717, 1.165) is 0 Å². The van der Waals surface area contributed by atoms with E-state index in [1.165, 1.54) is 24.3 Å². The second kappa shape index (κ2) is 6.58. The monoisotopic (exact) mass is 361 g/mol. The topological polar surface area (TPSA) is 55.4 Å². The van der Waals surface area contributed by atoms with Crippen molar-refractivity contribution >= 4 is 26.0 Å². The van der Waals surface area contributed by atoms with E-state index < -0.39 is 22.8 Å². The maximum atomic E-state index is 11.9. The van der Waals surface area contributed by atoms with Crippen molar-refractivity contribution in [3.8, 4) is 5.75 Å². The van der Waals surface area contributed by atoms with E-state index in [9.17, 15) is 21.6 Å². The summed E-state index contributed by atoms with van der Waals surface area (Å²) in [5.74, 6) is 0.0735. The normalized spacial score (nSPS) is 12.4. The number of hydrogen-bond acceptors (Lipinski definition) is 3. The smallest absolute Gasteiger partial charge is 0.422 e. The van der Waals surface area contributed by atoms with Gasteiger partial charge in [0, 0.05) is 6.54 Å². The van der Waals surface area contributed by atoms with Crippen LogP contribution >= 0.6 is 15.9 Å². The molecule has 0 fully saturated rings. The average Bonchev–Trinajstić information content (AvgIpc) is 2.34. The molecule has 0 amide bonds. The molecule has 4 nitrogen and oxygen atoms in total. The van der Waals surface area contributed by atoms with Gasteiger partial charge >= 0.3 is 6.18 Å². The Morgan fingerprint density at radius 3 is 2.26 bits per heavy atom. The Morgan fingerprint density at radius 2 is 1.79 bits per heavy atom. The van der Waals surface area contributed by atoms with Crippen LogP contribution in [-0.2, 0) is 16.6 Å². The fraction of sp³-hybridized carbons (Fsp3) is 0.400. The van der Waals surface area contributed by atoms with E-state index in [4.69, 9.17) is 0 Å². The fourth-order valence-corrected chi connectivity index (χ4v) is 2.05. The van der Waals surface area contributed by atoms with Crippen LogP contribution in [0.2, 0.25) is 0 Å². The summed E-state index contributed by atoms with van der Waals surface area (Å²) < 4.78 is 64.6. The molecule has 0 saturated heterocycles. The Balaban J connectivity index is 2.53. The Morgan fingerprint density at radius 1 is 1.21 bits per heavy atom. The van der Waals surface area contributed by atoms with Crippen molar-refractivity contribution in [3.63, 3.8) is 0 Å². The molecule has 0 radical (unpaired) electrons. The first-order valence-corrected chi connectivity index (χ1v) is 7.81. The van der Waals surface area contributed by atoms with Gasteiger partial charge in [0.2, 0.25) is 10.0 Å². The molecule has 1 aromatic carbocycles. The highest BCUT2D eigenvalue weighted by Crippen LogP contribution is 2.18. The molecule has 0 atom stereocenters. The van der Waals surface area contributed by atoms with Crippen molar-refractivity contribution in [2.45, 2.75) is 12.7 Å². The maximum Gasteiger partial charge on any atom is 0.422 e. The van der Waals surface area contributed by atoms with Gasteiger partial charge in [-0.3, -0.25) is 0 Å². The molecule has 0 unspecified atom stereocenters. The van der Waals surface area contributed by atoms with Gasteiger partial charge in [0.15, 0.2) is 6.61 Å². The lowest BCUT2D eigenvalue weighted by atomic mass is 10.2. The third kappa shape index (κ3) is 6.79. The summed E-state index contributed by atoms with van der Waals surface area (Å²) in [5.41, 5.74) is 0.615. The van der Waals surface area contributed by atoms with Gasteiger partial charge in [-0.25, -0.2) is 13.1 Å². The van der Waals surface area contributed by atoms with Gasteiger partial charge in [-0.2, -0.15) is 13.2 Å². The quantitative estimate of drug-likeness (QED) is 0.791. The summed E-state index contributed by atoms with van der Waals surface area (Å²) in [5, 5.41) is 0. The highest BCUT2D eigenvalue weighted by atomic mass is 79.9. The largest absolute Gasteiger partial charge is 0.484 e. The van der Waals surface area contributed by atoms with Crippen LogP contribution < -0.4 is 9.46 Å². The number of benzene rings is 1. The Hall–Kier alpha value is -0.800. The summed E-state index contributed by atoms with van der Waals surface area (Å²) in [7, 11) is -3.37. The van der Waals surface area contributed by atoms with Gasteiger partial charge in [0.1, 0.15) is 10.4 Å². The number of rotatable bonds is 6. The SMILES string of the molecule is O=S(=O)(CBr)NCc1ccc(OCC(F)(F)F)cc1. The molecule has 1 rings (SSSR count). The van der Waals surface area contributed by atoms with Crippen LogP contribution in [0.5, 0.6) is 5.75 Å².